The smallest absolute Gasteiger partial charge is 0.340 e. The van der Waals surface area contributed by atoms with Gasteiger partial charge in [-0.2, -0.15) is 0 Å². The van der Waals surface area contributed by atoms with Gasteiger partial charge in [-0.25, -0.2) is 4.79 Å². The highest BCUT2D eigenvalue weighted by Gasteiger charge is 2.22. The lowest BCUT2D eigenvalue weighted by atomic mass is 9.98. The van der Waals surface area contributed by atoms with Crippen LogP contribution < -0.4 is 10.9 Å². The molecular weight excluding hydrogens is 350 g/mol. The van der Waals surface area contributed by atoms with Gasteiger partial charge in [0, 0.05) is 5.39 Å². The van der Waals surface area contributed by atoms with Crippen molar-refractivity contribution in [2.75, 3.05) is 0 Å². The van der Waals surface area contributed by atoms with Gasteiger partial charge in [0.15, 0.2) is 0 Å². The summed E-state index contributed by atoms with van der Waals surface area (Å²) in [4.78, 5) is 35.5. The van der Waals surface area contributed by atoms with Gasteiger partial charge < -0.3 is 19.3 Å². The molecular formula is C20H21NO6. The molecule has 3 aromatic rings. The summed E-state index contributed by atoms with van der Waals surface area (Å²) in [6, 6.07) is 0.750. The molecule has 1 amide bonds. The molecule has 7 heteroatoms. The van der Waals surface area contributed by atoms with E-state index >= 15 is 0 Å². The monoisotopic (exact) mass is 371 g/mol. The third-order valence-electron chi connectivity index (χ3n) is 4.96. The molecule has 0 aliphatic heterocycles. The first kappa shape index (κ1) is 18.7. The van der Waals surface area contributed by atoms with Crippen molar-refractivity contribution in [3.05, 3.63) is 44.5 Å². The van der Waals surface area contributed by atoms with Crippen LogP contribution >= 0.6 is 0 Å². The summed E-state index contributed by atoms with van der Waals surface area (Å²) < 4.78 is 11.4. The van der Waals surface area contributed by atoms with Crippen LogP contribution in [-0.2, 0) is 16.0 Å². The number of carbonyl (C=O) groups excluding carboxylic acids is 1. The van der Waals surface area contributed by atoms with E-state index in [9.17, 15) is 14.4 Å². The van der Waals surface area contributed by atoms with Crippen LogP contribution in [0.2, 0.25) is 0 Å². The number of carboxylic acid groups (broad SMARTS) is 1. The Labute approximate surface area is 155 Å². The third-order valence-corrected chi connectivity index (χ3v) is 4.96. The van der Waals surface area contributed by atoms with Crippen molar-refractivity contribution in [1.82, 2.24) is 5.32 Å². The number of rotatable bonds is 4. The number of aliphatic carboxylic acids is 1. The zero-order chi connectivity index (χ0) is 20.0. The zero-order valence-corrected chi connectivity index (χ0v) is 15.9. The maximum absolute atomic E-state index is 12.4. The molecule has 0 bridgehead atoms. The number of aryl methyl sites for hydroxylation is 4. The Bertz CT molecular complexity index is 1150. The highest BCUT2D eigenvalue weighted by atomic mass is 16.4. The number of fused-ring (bicyclic) bond motifs is 3. The van der Waals surface area contributed by atoms with Gasteiger partial charge in [0.1, 0.15) is 23.0 Å². The van der Waals surface area contributed by atoms with E-state index in [2.05, 4.69) is 5.32 Å². The van der Waals surface area contributed by atoms with Crippen LogP contribution in [-0.4, -0.2) is 23.0 Å². The number of hydrogen-bond donors (Lipinski definition) is 2. The fourth-order valence-electron chi connectivity index (χ4n) is 3.35. The summed E-state index contributed by atoms with van der Waals surface area (Å²) >= 11 is 0. The number of hydrogen-bond acceptors (Lipinski definition) is 5. The van der Waals surface area contributed by atoms with E-state index in [1.165, 1.54) is 6.92 Å². The lowest BCUT2D eigenvalue weighted by Crippen LogP contribution is -2.39. The second kappa shape index (κ2) is 6.57. The van der Waals surface area contributed by atoms with Gasteiger partial charge in [-0.1, -0.05) is 0 Å². The summed E-state index contributed by atoms with van der Waals surface area (Å²) in [7, 11) is 0. The molecule has 2 heterocycles. The number of amides is 1. The number of benzene rings is 1. The van der Waals surface area contributed by atoms with Crippen molar-refractivity contribution >= 4 is 33.8 Å². The van der Waals surface area contributed by atoms with Crippen molar-refractivity contribution in [2.24, 2.45) is 0 Å². The fraction of sp³-hybridized carbons (Fsp3) is 0.350. The molecule has 1 unspecified atom stereocenters. The predicted octanol–water partition coefficient (Wildman–Crippen LogP) is 2.90. The lowest BCUT2D eigenvalue weighted by Gasteiger charge is -2.11. The molecule has 3 rings (SSSR count). The standard InChI is InChI=1S/C20H21NO6/c1-8-6-14-17(18-16(8)9(2)12(5)26-18)10(3)13(20(25)27-14)7-15(22)21-11(4)19(23)24/h6,11H,7H2,1-5H3,(H,21,22)(H,23,24). The second-order valence-electron chi connectivity index (χ2n) is 6.85. The van der Waals surface area contributed by atoms with E-state index < -0.39 is 23.5 Å². The van der Waals surface area contributed by atoms with Crippen LogP contribution in [0.1, 0.15) is 34.9 Å². The van der Waals surface area contributed by atoms with E-state index in [-0.39, 0.29) is 12.0 Å². The Balaban J connectivity index is 2.18. The molecule has 0 aliphatic carbocycles. The largest absolute Gasteiger partial charge is 0.480 e. The van der Waals surface area contributed by atoms with E-state index in [4.69, 9.17) is 13.9 Å². The Morgan fingerprint density at radius 2 is 1.78 bits per heavy atom. The van der Waals surface area contributed by atoms with Gasteiger partial charge in [-0.15, -0.1) is 0 Å². The minimum Gasteiger partial charge on any atom is -0.480 e. The Kier molecular flexibility index (Phi) is 4.55. The van der Waals surface area contributed by atoms with Crippen LogP contribution in [0.25, 0.3) is 21.9 Å². The van der Waals surface area contributed by atoms with Crippen LogP contribution in [0, 0.1) is 27.7 Å². The van der Waals surface area contributed by atoms with E-state index in [1.54, 1.807) is 13.0 Å². The highest BCUT2D eigenvalue weighted by molar-refractivity contribution is 6.07. The lowest BCUT2D eigenvalue weighted by molar-refractivity contribution is -0.141. The maximum atomic E-state index is 12.4. The van der Waals surface area contributed by atoms with E-state index in [1.807, 2.05) is 20.8 Å². The molecule has 0 aliphatic rings. The van der Waals surface area contributed by atoms with Crippen LogP contribution in [0.5, 0.6) is 0 Å². The van der Waals surface area contributed by atoms with Crippen LogP contribution in [0.15, 0.2) is 19.7 Å². The molecule has 1 atom stereocenters. The molecule has 0 saturated carbocycles. The van der Waals surface area contributed by atoms with Gasteiger partial charge >= 0.3 is 11.6 Å². The van der Waals surface area contributed by atoms with Crippen LogP contribution in [0.4, 0.5) is 0 Å². The maximum Gasteiger partial charge on any atom is 0.340 e. The summed E-state index contributed by atoms with van der Waals surface area (Å²) in [5, 5.41) is 12.9. The second-order valence-corrected chi connectivity index (χ2v) is 6.85. The molecule has 27 heavy (non-hydrogen) atoms. The van der Waals surface area contributed by atoms with Gasteiger partial charge in [0.2, 0.25) is 5.91 Å². The average Bonchev–Trinajstić information content (AvgIpc) is 2.86. The zero-order valence-electron chi connectivity index (χ0n) is 15.9. The normalized spacial score (nSPS) is 12.5. The number of carboxylic acids is 1. The van der Waals surface area contributed by atoms with Crippen molar-refractivity contribution in [3.8, 4) is 0 Å². The number of nitrogens with one attached hydrogen (secondary N) is 1. The Hall–Kier alpha value is -3.09. The van der Waals surface area contributed by atoms with Gasteiger partial charge in [0.25, 0.3) is 0 Å². The molecule has 1 aromatic carbocycles. The van der Waals surface area contributed by atoms with Crippen molar-refractivity contribution < 1.29 is 23.5 Å². The molecule has 7 nitrogen and oxygen atoms in total. The quantitative estimate of drug-likeness (QED) is 0.683. The predicted molar refractivity (Wildman–Crippen MR) is 100 cm³/mol. The summed E-state index contributed by atoms with van der Waals surface area (Å²) in [6.07, 6.45) is -0.268. The average molecular weight is 371 g/mol. The molecule has 0 saturated heterocycles. The Morgan fingerprint density at radius 1 is 1.11 bits per heavy atom. The molecule has 2 aromatic heterocycles. The van der Waals surface area contributed by atoms with Gasteiger partial charge in [-0.3, -0.25) is 9.59 Å². The SMILES string of the molecule is Cc1oc2c(c(C)cc3oc(=O)c(CC(=O)NC(C)C(=O)O)c(C)c32)c1C. The first-order chi connectivity index (χ1) is 12.6. The van der Waals surface area contributed by atoms with E-state index in [0.717, 1.165) is 22.3 Å². The molecule has 142 valence electrons. The highest BCUT2D eigenvalue weighted by Crippen LogP contribution is 2.35. The molecule has 0 fully saturated rings. The minimum atomic E-state index is -1.15. The summed E-state index contributed by atoms with van der Waals surface area (Å²) in [5.41, 5.74) is 3.16. The molecule has 0 spiro atoms. The number of carbonyl (C=O) groups is 2. The minimum absolute atomic E-state index is 0.189. The number of furan rings is 1. The molecule has 2 N–H and O–H groups in total. The Morgan fingerprint density at radius 3 is 2.41 bits per heavy atom. The third kappa shape index (κ3) is 3.09. The van der Waals surface area contributed by atoms with Crippen molar-refractivity contribution in [1.29, 1.82) is 0 Å². The first-order valence-electron chi connectivity index (χ1n) is 8.59. The molecule has 0 radical (unpaired) electrons. The van der Waals surface area contributed by atoms with Gasteiger partial charge in [0.05, 0.1) is 17.4 Å². The summed E-state index contributed by atoms with van der Waals surface area (Å²) in [5.74, 6) is -0.931. The first-order valence-corrected chi connectivity index (χ1v) is 8.59. The van der Waals surface area contributed by atoms with Crippen LogP contribution in [0.3, 0.4) is 0 Å². The van der Waals surface area contributed by atoms with Gasteiger partial charge in [-0.05, 0) is 57.4 Å². The van der Waals surface area contributed by atoms with E-state index in [0.29, 0.717) is 22.1 Å². The fourth-order valence-corrected chi connectivity index (χ4v) is 3.35. The topological polar surface area (TPSA) is 110 Å². The van der Waals surface area contributed by atoms with Crippen molar-refractivity contribution in [2.45, 2.75) is 47.1 Å². The summed E-state index contributed by atoms with van der Waals surface area (Å²) in [6.45, 7) is 8.86. The van der Waals surface area contributed by atoms with Crippen molar-refractivity contribution in [3.63, 3.8) is 0 Å².